The molecule has 0 bridgehead atoms. The minimum absolute atomic E-state index is 0.489. The lowest BCUT2D eigenvalue weighted by molar-refractivity contribution is 0.413. The van der Waals surface area contributed by atoms with Gasteiger partial charge in [0, 0.05) is 4.47 Å². The first-order chi connectivity index (χ1) is 6.11. The number of nitrogens with two attached hydrogens (primary N) is 1. The molecule has 0 aromatic heterocycles. The summed E-state index contributed by atoms with van der Waals surface area (Å²) >= 11 is 3.29. The molecule has 1 aromatic carbocycles. The zero-order chi connectivity index (χ0) is 10.0. The standard InChI is InChI=1S/C9H9BrN2O/c1-5-6(4-11)8(13-2)3-7(10)9(5)12/h3H,12H2,1-2H3. The van der Waals surface area contributed by atoms with Gasteiger partial charge in [-0.25, -0.2) is 0 Å². The molecule has 0 atom stereocenters. The van der Waals surface area contributed by atoms with Crippen LogP contribution in [0.25, 0.3) is 0 Å². The van der Waals surface area contributed by atoms with Crippen molar-refractivity contribution in [3.63, 3.8) is 0 Å². The zero-order valence-corrected chi connectivity index (χ0v) is 8.97. The van der Waals surface area contributed by atoms with E-state index >= 15 is 0 Å². The average Bonchev–Trinajstić information content (AvgIpc) is 2.13. The van der Waals surface area contributed by atoms with Crippen molar-refractivity contribution in [3.05, 3.63) is 21.7 Å². The smallest absolute Gasteiger partial charge is 0.138 e. The van der Waals surface area contributed by atoms with Crippen LogP contribution in [0.3, 0.4) is 0 Å². The summed E-state index contributed by atoms with van der Waals surface area (Å²) in [7, 11) is 1.53. The lowest BCUT2D eigenvalue weighted by atomic mass is 10.1. The van der Waals surface area contributed by atoms with E-state index in [2.05, 4.69) is 22.0 Å². The van der Waals surface area contributed by atoms with Gasteiger partial charge in [0.15, 0.2) is 0 Å². The van der Waals surface area contributed by atoms with E-state index in [1.54, 1.807) is 13.0 Å². The molecule has 0 aliphatic heterocycles. The molecular formula is C9H9BrN2O. The molecule has 0 aliphatic carbocycles. The van der Waals surface area contributed by atoms with E-state index in [0.29, 0.717) is 17.0 Å². The van der Waals surface area contributed by atoms with Gasteiger partial charge < -0.3 is 10.5 Å². The molecule has 13 heavy (non-hydrogen) atoms. The van der Waals surface area contributed by atoms with Crippen molar-refractivity contribution in [2.45, 2.75) is 6.92 Å². The summed E-state index contributed by atoms with van der Waals surface area (Å²) in [5.41, 5.74) is 7.54. The molecular weight excluding hydrogens is 232 g/mol. The molecule has 0 amide bonds. The van der Waals surface area contributed by atoms with E-state index in [-0.39, 0.29) is 0 Å². The van der Waals surface area contributed by atoms with Crippen molar-refractivity contribution in [3.8, 4) is 11.8 Å². The predicted octanol–water partition coefficient (Wildman–Crippen LogP) is 2.22. The Labute approximate surface area is 85.2 Å². The van der Waals surface area contributed by atoms with Crippen LogP contribution in [0.1, 0.15) is 11.1 Å². The highest BCUT2D eigenvalue weighted by Gasteiger charge is 2.11. The summed E-state index contributed by atoms with van der Waals surface area (Å²) in [5, 5.41) is 8.84. The number of hydrogen-bond donors (Lipinski definition) is 1. The molecule has 2 N–H and O–H groups in total. The fourth-order valence-electron chi connectivity index (χ4n) is 1.06. The molecule has 0 unspecified atom stereocenters. The molecule has 0 aliphatic rings. The zero-order valence-electron chi connectivity index (χ0n) is 7.39. The van der Waals surface area contributed by atoms with Crippen LogP contribution in [0, 0.1) is 18.3 Å². The van der Waals surface area contributed by atoms with E-state index in [0.717, 1.165) is 10.0 Å². The van der Waals surface area contributed by atoms with Gasteiger partial charge in [0.05, 0.1) is 18.4 Å². The Hall–Kier alpha value is -1.21. The third kappa shape index (κ3) is 1.61. The van der Waals surface area contributed by atoms with Crippen molar-refractivity contribution in [2.24, 2.45) is 0 Å². The van der Waals surface area contributed by atoms with Gasteiger partial charge in [-0.1, -0.05) is 0 Å². The van der Waals surface area contributed by atoms with E-state index in [1.165, 1.54) is 7.11 Å². The van der Waals surface area contributed by atoms with Gasteiger partial charge in [-0.15, -0.1) is 0 Å². The summed E-state index contributed by atoms with van der Waals surface area (Å²) in [6.45, 7) is 1.79. The lowest BCUT2D eigenvalue weighted by Crippen LogP contribution is -1.97. The fourth-order valence-corrected chi connectivity index (χ4v) is 1.57. The molecule has 0 saturated heterocycles. The van der Waals surface area contributed by atoms with Crippen molar-refractivity contribution in [1.82, 2.24) is 0 Å². The fraction of sp³-hybridized carbons (Fsp3) is 0.222. The lowest BCUT2D eigenvalue weighted by Gasteiger charge is -2.09. The maximum Gasteiger partial charge on any atom is 0.138 e. The molecule has 4 heteroatoms. The maximum absolute atomic E-state index is 8.84. The van der Waals surface area contributed by atoms with Crippen molar-refractivity contribution in [1.29, 1.82) is 5.26 Å². The SMILES string of the molecule is COc1cc(Br)c(N)c(C)c1C#N. The number of hydrogen-bond acceptors (Lipinski definition) is 3. The van der Waals surface area contributed by atoms with Crippen LogP contribution in [0.4, 0.5) is 5.69 Å². The first-order valence-corrected chi connectivity index (χ1v) is 4.43. The third-order valence-electron chi connectivity index (χ3n) is 1.87. The number of methoxy groups -OCH3 is 1. The highest BCUT2D eigenvalue weighted by molar-refractivity contribution is 9.10. The summed E-state index contributed by atoms with van der Waals surface area (Å²) in [4.78, 5) is 0. The number of ether oxygens (including phenoxy) is 1. The highest BCUT2D eigenvalue weighted by Crippen LogP contribution is 2.32. The molecule has 0 radical (unpaired) electrons. The monoisotopic (exact) mass is 240 g/mol. The van der Waals surface area contributed by atoms with Crippen LogP contribution in [-0.4, -0.2) is 7.11 Å². The van der Waals surface area contributed by atoms with Crippen LogP contribution < -0.4 is 10.5 Å². The largest absolute Gasteiger partial charge is 0.495 e. The second kappa shape index (κ2) is 3.67. The van der Waals surface area contributed by atoms with Gasteiger partial charge in [0.2, 0.25) is 0 Å². The minimum atomic E-state index is 0.489. The van der Waals surface area contributed by atoms with Crippen LogP contribution >= 0.6 is 15.9 Å². The minimum Gasteiger partial charge on any atom is -0.495 e. The van der Waals surface area contributed by atoms with Crippen LogP contribution in [-0.2, 0) is 0 Å². The Bertz CT molecular complexity index is 382. The van der Waals surface area contributed by atoms with E-state index in [9.17, 15) is 0 Å². The Kier molecular flexibility index (Phi) is 2.79. The van der Waals surface area contributed by atoms with Gasteiger partial charge >= 0.3 is 0 Å². The molecule has 1 aromatic rings. The molecule has 0 heterocycles. The summed E-state index contributed by atoms with van der Waals surface area (Å²) in [6, 6.07) is 3.75. The van der Waals surface area contributed by atoms with Crippen molar-refractivity contribution < 1.29 is 4.74 Å². The number of nitriles is 1. The number of nitrogens with zero attached hydrogens (tertiary/aromatic N) is 1. The van der Waals surface area contributed by atoms with Crippen molar-refractivity contribution in [2.75, 3.05) is 12.8 Å². The number of nitrogen functional groups attached to an aromatic ring is 1. The quantitative estimate of drug-likeness (QED) is 0.767. The van der Waals surface area contributed by atoms with Gasteiger partial charge in [-0.2, -0.15) is 5.26 Å². The summed E-state index contributed by atoms with van der Waals surface area (Å²) in [6.07, 6.45) is 0. The highest BCUT2D eigenvalue weighted by atomic mass is 79.9. The number of anilines is 1. The second-order valence-corrected chi connectivity index (χ2v) is 3.44. The first-order valence-electron chi connectivity index (χ1n) is 3.64. The molecule has 0 saturated carbocycles. The van der Waals surface area contributed by atoms with E-state index in [4.69, 9.17) is 15.7 Å². The number of halogens is 1. The molecule has 1 rings (SSSR count). The average molecular weight is 241 g/mol. The van der Waals surface area contributed by atoms with Gasteiger partial charge in [0.1, 0.15) is 11.8 Å². The van der Waals surface area contributed by atoms with Crippen LogP contribution in [0.15, 0.2) is 10.5 Å². The second-order valence-electron chi connectivity index (χ2n) is 2.59. The van der Waals surface area contributed by atoms with Gasteiger partial charge in [0.25, 0.3) is 0 Å². The Morgan fingerprint density at radius 3 is 2.69 bits per heavy atom. The third-order valence-corrected chi connectivity index (χ3v) is 2.53. The van der Waals surface area contributed by atoms with E-state index < -0.39 is 0 Å². The van der Waals surface area contributed by atoms with Gasteiger partial charge in [-0.3, -0.25) is 0 Å². The predicted molar refractivity (Wildman–Crippen MR) is 54.6 cm³/mol. The van der Waals surface area contributed by atoms with Crippen LogP contribution in [0.2, 0.25) is 0 Å². The normalized spacial score (nSPS) is 9.38. The topological polar surface area (TPSA) is 59.0 Å². The molecule has 68 valence electrons. The number of benzene rings is 1. The Balaban J connectivity index is 3.50. The summed E-state index contributed by atoms with van der Waals surface area (Å²) < 4.78 is 5.80. The van der Waals surface area contributed by atoms with E-state index in [1.807, 2.05) is 0 Å². The molecule has 0 spiro atoms. The van der Waals surface area contributed by atoms with Crippen molar-refractivity contribution >= 4 is 21.6 Å². The Morgan fingerprint density at radius 1 is 1.62 bits per heavy atom. The molecule has 0 fully saturated rings. The number of rotatable bonds is 1. The first kappa shape index (κ1) is 9.87. The maximum atomic E-state index is 8.84. The Morgan fingerprint density at radius 2 is 2.23 bits per heavy atom. The summed E-state index contributed by atoms with van der Waals surface area (Å²) in [5.74, 6) is 0.543. The van der Waals surface area contributed by atoms with Gasteiger partial charge in [-0.05, 0) is 34.5 Å². The van der Waals surface area contributed by atoms with Crippen LogP contribution in [0.5, 0.6) is 5.75 Å². The molecule has 3 nitrogen and oxygen atoms in total.